The molecular weight excluding hydrogens is 148 g/mol. The Balaban J connectivity index is 2.85. The maximum absolute atomic E-state index is 10.0. The third-order valence-electron chi connectivity index (χ3n) is 1.11. The van der Waals surface area contributed by atoms with E-state index in [0.29, 0.717) is 26.2 Å². The zero-order valence-corrected chi connectivity index (χ0v) is 6.71. The highest BCUT2D eigenvalue weighted by molar-refractivity contribution is 5.66. The van der Waals surface area contributed by atoms with E-state index >= 15 is 0 Å². The third-order valence-corrected chi connectivity index (χ3v) is 1.11. The van der Waals surface area contributed by atoms with Crippen molar-refractivity contribution in [3.05, 3.63) is 0 Å². The summed E-state index contributed by atoms with van der Waals surface area (Å²) in [6, 6.07) is 0. The molecule has 0 bridgehead atoms. The highest BCUT2D eigenvalue weighted by Crippen LogP contribution is 1.89. The van der Waals surface area contributed by atoms with Crippen LogP contribution in [0.25, 0.3) is 0 Å². The predicted molar refractivity (Wildman–Crippen MR) is 39.6 cm³/mol. The van der Waals surface area contributed by atoms with Gasteiger partial charge in [-0.25, -0.2) is 0 Å². The first-order valence-corrected chi connectivity index (χ1v) is 3.56. The molecule has 66 valence electrons. The number of carboxylic acids is 1. The van der Waals surface area contributed by atoms with E-state index in [9.17, 15) is 4.79 Å². The lowest BCUT2D eigenvalue weighted by molar-refractivity contribution is -0.137. The van der Waals surface area contributed by atoms with Gasteiger partial charge < -0.3 is 14.6 Å². The van der Waals surface area contributed by atoms with E-state index in [4.69, 9.17) is 14.6 Å². The second-order valence-electron chi connectivity index (χ2n) is 2.10. The number of carboxylic acid groups (broad SMARTS) is 1. The summed E-state index contributed by atoms with van der Waals surface area (Å²) in [4.78, 5) is 10.0. The van der Waals surface area contributed by atoms with Crippen LogP contribution in [0.5, 0.6) is 0 Å². The topological polar surface area (TPSA) is 55.8 Å². The zero-order valence-electron chi connectivity index (χ0n) is 6.71. The van der Waals surface area contributed by atoms with Crippen LogP contribution >= 0.6 is 0 Å². The SMILES string of the molecule is COCCOCCCC(=O)O. The van der Waals surface area contributed by atoms with Gasteiger partial charge in [0, 0.05) is 20.1 Å². The van der Waals surface area contributed by atoms with E-state index in [-0.39, 0.29) is 6.42 Å². The maximum Gasteiger partial charge on any atom is 0.303 e. The third kappa shape index (κ3) is 9.39. The molecule has 0 heterocycles. The van der Waals surface area contributed by atoms with Crippen LogP contribution in [0, 0.1) is 0 Å². The van der Waals surface area contributed by atoms with Gasteiger partial charge in [0.2, 0.25) is 0 Å². The molecule has 0 fully saturated rings. The van der Waals surface area contributed by atoms with Gasteiger partial charge in [-0.1, -0.05) is 0 Å². The number of carbonyl (C=O) groups is 1. The molecule has 0 radical (unpaired) electrons. The molecule has 1 N–H and O–H groups in total. The average molecular weight is 162 g/mol. The van der Waals surface area contributed by atoms with Gasteiger partial charge in [-0.15, -0.1) is 0 Å². The second kappa shape index (κ2) is 7.50. The Morgan fingerprint density at radius 2 is 2.09 bits per heavy atom. The smallest absolute Gasteiger partial charge is 0.303 e. The van der Waals surface area contributed by atoms with E-state index in [1.54, 1.807) is 7.11 Å². The molecule has 0 aliphatic carbocycles. The minimum Gasteiger partial charge on any atom is -0.481 e. The molecule has 0 unspecified atom stereocenters. The van der Waals surface area contributed by atoms with Crippen molar-refractivity contribution in [2.75, 3.05) is 26.9 Å². The van der Waals surface area contributed by atoms with E-state index in [1.165, 1.54) is 0 Å². The summed E-state index contributed by atoms with van der Waals surface area (Å²) >= 11 is 0. The Kier molecular flexibility index (Phi) is 7.08. The monoisotopic (exact) mass is 162 g/mol. The Morgan fingerprint density at radius 3 is 2.64 bits per heavy atom. The summed E-state index contributed by atoms with van der Waals surface area (Å²) in [5, 5.41) is 8.24. The fourth-order valence-electron chi connectivity index (χ4n) is 0.570. The van der Waals surface area contributed by atoms with Crippen molar-refractivity contribution in [3.8, 4) is 0 Å². The van der Waals surface area contributed by atoms with Crippen LogP contribution in [0.1, 0.15) is 12.8 Å². The van der Waals surface area contributed by atoms with Crippen LogP contribution < -0.4 is 0 Å². The molecule has 0 spiro atoms. The summed E-state index contributed by atoms with van der Waals surface area (Å²) < 4.78 is 9.76. The number of rotatable bonds is 7. The van der Waals surface area contributed by atoms with Crippen molar-refractivity contribution >= 4 is 5.97 Å². The lowest BCUT2D eigenvalue weighted by Gasteiger charge is -2.00. The van der Waals surface area contributed by atoms with Gasteiger partial charge >= 0.3 is 5.97 Å². The highest BCUT2D eigenvalue weighted by Gasteiger charge is 1.95. The van der Waals surface area contributed by atoms with Crippen LogP contribution in [-0.4, -0.2) is 38.0 Å². The quantitative estimate of drug-likeness (QED) is 0.554. The molecule has 0 aliphatic heterocycles. The fraction of sp³-hybridized carbons (Fsp3) is 0.857. The standard InChI is InChI=1S/C7H14O4/c1-10-5-6-11-4-2-3-7(8)9/h2-6H2,1H3,(H,8,9). The molecule has 4 nitrogen and oxygen atoms in total. The molecule has 0 aliphatic rings. The molecule has 0 aromatic carbocycles. The van der Waals surface area contributed by atoms with E-state index in [2.05, 4.69) is 0 Å². The molecule has 0 saturated carbocycles. The first-order chi connectivity index (χ1) is 5.27. The van der Waals surface area contributed by atoms with Crippen molar-refractivity contribution < 1.29 is 19.4 Å². The van der Waals surface area contributed by atoms with Crippen molar-refractivity contribution in [1.82, 2.24) is 0 Å². The molecule has 0 rings (SSSR count). The van der Waals surface area contributed by atoms with E-state index in [0.717, 1.165) is 0 Å². The first-order valence-electron chi connectivity index (χ1n) is 3.56. The van der Waals surface area contributed by atoms with Crippen molar-refractivity contribution in [2.45, 2.75) is 12.8 Å². The lowest BCUT2D eigenvalue weighted by Crippen LogP contribution is -2.04. The minimum atomic E-state index is -0.777. The number of hydrogen-bond donors (Lipinski definition) is 1. The van der Waals surface area contributed by atoms with Crippen LogP contribution in [0.4, 0.5) is 0 Å². The fourth-order valence-corrected chi connectivity index (χ4v) is 0.570. The number of aliphatic carboxylic acids is 1. The molecule has 0 amide bonds. The van der Waals surface area contributed by atoms with E-state index < -0.39 is 5.97 Å². The Hall–Kier alpha value is -0.610. The van der Waals surface area contributed by atoms with Crippen LogP contribution in [0.3, 0.4) is 0 Å². The summed E-state index contributed by atoms with van der Waals surface area (Å²) in [6.07, 6.45) is 0.742. The van der Waals surface area contributed by atoms with Gasteiger partial charge in [-0.2, -0.15) is 0 Å². The second-order valence-corrected chi connectivity index (χ2v) is 2.10. The van der Waals surface area contributed by atoms with Gasteiger partial charge in [0.1, 0.15) is 0 Å². The van der Waals surface area contributed by atoms with Gasteiger partial charge in [-0.3, -0.25) is 4.79 Å². The van der Waals surface area contributed by atoms with Gasteiger partial charge in [0.25, 0.3) is 0 Å². The zero-order chi connectivity index (χ0) is 8.53. The van der Waals surface area contributed by atoms with Gasteiger partial charge in [0.05, 0.1) is 13.2 Å². The minimum absolute atomic E-state index is 0.174. The van der Waals surface area contributed by atoms with E-state index in [1.807, 2.05) is 0 Å². The van der Waals surface area contributed by atoms with Crippen LogP contribution in [-0.2, 0) is 14.3 Å². The first kappa shape index (κ1) is 10.4. The summed E-state index contributed by atoms with van der Waals surface area (Å²) in [5.74, 6) is -0.777. The summed E-state index contributed by atoms with van der Waals surface area (Å²) in [7, 11) is 1.60. The lowest BCUT2D eigenvalue weighted by atomic mass is 10.3. The maximum atomic E-state index is 10.0. The Bertz CT molecular complexity index is 103. The normalized spacial score (nSPS) is 9.91. The number of ether oxygens (including phenoxy) is 2. The molecule has 0 aromatic heterocycles. The highest BCUT2D eigenvalue weighted by atomic mass is 16.5. The summed E-state index contributed by atoms with van der Waals surface area (Å²) in [5.41, 5.74) is 0. The average Bonchev–Trinajstić information content (AvgIpc) is 1.96. The van der Waals surface area contributed by atoms with Crippen LogP contribution in [0.2, 0.25) is 0 Å². The molecule has 11 heavy (non-hydrogen) atoms. The molecule has 4 heteroatoms. The molecular formula is C7H14O4. The van der Waals surface area contributed by atoms with Crippen molar-refractivity contribution in [1.29, 1.82) is 0 Å². The van der Waals surface area contributed by atoms with Gasteiger partial charge in [0.15, 0.2) is 0 Å². The van der Waals surface area contributed by atoms with Gasteiger partial charge in [-0.05, 0) is 6.42 Å². The molecule has 0 atom stereocenters. The largest absolute Gasteiger partial charge is 0.481 e. The predicted octanol–water partition coefficient (Wildman–Crippen LogP) is 0.514. The van der Waals surface area contributed by atoms with Crippen LogP contribution in [0.15, 0.2) is 0 Å². The molecule has 0 saturated heterocycles. The number of hydrogen-bond acceptors (Lipinski definition) is 3. The number of methoxy groups -OCH3 is 1. The van der Waals surface area contributed by atoms with Crippen molar-refractivity contribution in [2.24, 2.45) is 0 Å². The Morgan fingerprint density at radius 1 is 1.36 bits per heavy atom. The van der Waals surface area contributed by atoms with Crippen molar-refractivity contribution in [3.63, 3.8) is 0 Å². The summed E-state index contributed by atoms with van der Waals surface area (Å²) in [6.45, 7) is 1.60. The Labute approximate surface area is 66.1 Å². The molecule has 0 aromatic rings.